The Morgan fingerprint density at radius 3 is 1.96 bits per heavy atom. The van der Waals surface area contributed by atoms with Crippen molar-refractivity contribution >= 4 is 6.08 Å². The van der Waals surface area contributed by atoms with E-state index in [9.17, 15) is 0 Å². The van der Waals surface area contributed by atoms with E-state index >= 15 is 0 Å². The van der Waals surface area contributed by atoms with Gasteiger partial charge in [-0.05, 0) is 73.1 Å². The average molecular weight is 361 g/mol. The molecule has 1 fully saturated rings. The van der Waals surface area contributed by atoms with E-state index in [0.717, 1.165) is 13.0 Å². The third kappa shape index (κ3) is 5.68. The van der Waals surface area contributed by atoms with Gasteiger partial charge in [-0.25, -0.2) is 0 Å². The maximum atomic E-state index is 5.73. The smallest absolute Gasteiger partial charge is 0.0717 e. The van der Waals surface area contributed by atoms with Crippen LogP contribution in [0.3, 0.4) is 0 Å². The van der Waals surface area contributed by atoms with Crippen LogP contribution in [-0.4, -0.2) is 6.61 Å². The SMILES string of the molecule is C=Cc1ccc([C@H]2CC[C@H](c3ccc(COCC/C=C/C)cc3)CC2)cc1. The van der Waals surface area contributed by atoms with Crippen LogP contribution in [0, 0.1) is 0 Å². The standard InChI is InChI=1S/C26H32O/c1-3-5-6-19-27-20-22-9-13-24(14-10-22)26-17-15-25(16-18-26)23-11-7-21(4-2)8-12-23/h3-5,7-14,25-26H,2,6,15-20H2,1H3/b5-3+/t25-,26-. The summed E-state index contributed by atoms with van der Waals surface area (Å²) in [6.45, 7) is 7.40. The highest BCUT2D eigenvalue weighted by atomic mass is 16.5. The van der Waals surface area contributed by atoms with Crippen LogP contribution in [0.25, 0.3) is 6.08 Å². The maximum Gasteiger partial charge on any atom is 0.0717 e. The second-order valence-electron chi connectivity index (χ2n) is 7.57. The molecule has 0 atom stereocenters. The molecule has 1 heteroatoms. The van der Waals surface area contributed by atoms with Crippen molar-refractivity contribution in [3.8, 4) is 0 Å². The van der Waals surface area contributed by atoms with Crippen LogP contribution in [0.15, 0.2) is 67.3 Å². The van der Waals surface area contributed by atoms with Crippen molar-refractivity contribution in [1.29, 1.82) is 0 Å². The number of allylic oxidation sites excluding steroid dienone is 1. The van der Waals surface area contributed by atoms with Crippen molar-refractivity contribution in [2.45, 2.75) is 57.5 Å². The second-order valence-corrected chi connectivity index (χ2v) is 7.57. The summed E-state index contributed by atoms with van der Waals surface area (Å²) in [6.07, 6.45) is 12.3. The molecule has 0 heterocycles. The number of ether oxygens (including phenoxy) is 1. The van der Waals surface area contributed by atoms with Crippen LogP contribution in [0.5, 0.6) is 0 Å². The van der Waals surface area contributed by atoms with Crippen LogP contribution in [0.4, 0.5) is 0 Å². The molecule has 142 valence electrons. The fourth-order valence-corrected chi connectivity index (χ4v) is 4.06. The quantitative estimate of drug-likeness (QED) is 0.356. The lowest BCUT2D eigenvalue weighted by Gasteiger charge is -2.29. The first-order valence-electron chi connectivity index (χ1n) is 10.3. The zero-order valence-corrected chi connectivity index (χ0v) is 16.6. The predicted octanol–water partition coefficient (Wildman–Crippen LogP) is 7.25. The highest BCUT2D eigenvalue weighted by molar-refractivity contribution is 5.47. The molecule has 0 saturated heterocycles. The number of rotatable bonds is 8. The van der Waals surface area contributed by atoms with Gasteiger partial charge in [0.15, 0.2) is 0 Å². The second kappa shape index (κ2) is 10.3. The lowest BCUT2D eigenvalue weighted by Crippen LogP contribution is -2.12. The van der Waals surface area contributed by atoms with Gasteiger partial charge < -0.3 is 4.74 Å². The summed E-state index contributed by atoms with van der Waals surface area (Å²) in [6, 6.07) is 18.1. The van der Waals surface area contributed by atoms with E-state index in [1.54, 1.807) is 0 Å². The molecule has 1 aliphatic rings. The van der Waals surface area contributed by atoms with Crippen molar-refractivity contribution in [3.63, 3.8) is 0 Å². The van der Waals surface area contributed by atoms with Gasteiger partial charge in [-0.2, -0.15) is 0 Å². The molecule has 0 N–H and O–H groups in total. The molecule has 0 unspecified atom stereocenters. The largest absolute Gasteiger partial charge is 0.376 e. The van der Waals surface area contributed by atoms with Gasteiger partial charge in [0, 0.05) is 0 Å². The van der Waals surface area contributed by atoms with Crippen LogP contribution < -0.4 is 0 Å². The summed E-state index contributed by atoms with van der Waals surface area (Å²) in [5.74, 6) is 1.42. The Balaban J connectivity index is 1.48. The molecule has 0 aliphatic heterocycles. The van der Waals surface area contributed by atoms with E-state index in [1.807, 2.05) is 13.0 Å². The van der Waals surface area contributed by atoms with E-state index in [1.165, 1.54) is 47.9 Å². The summed E-state index contributed by atoms with van der Waals surface area (Å²) in [4.78, 5) is 0. The maximum absolute atomic E-state index is 5.73. The summed E-state index contributed by atoms with van der Waals surface area (Å²) >= 11 is 0. The summed E-state index contributed by atoms with van der Waals surface area (Å²) < 4.78 is 5.73. The minimum atomic E-state index is 0.707. The van der Waals surface area contributed by atoms with E-state index < -0.39 is 0 Å². The fraction of sp³-hybridized carbons (Fsp3) is 0.385. The number of hydrogen-bond acceptors (Lipinski definition) is 1. The van der Waals surface area contributed by atoms with Gasteiger partial charge in [0.25, 0.3) is 0 Å². The third-order valence-corrected chi connectivity index (χ3v) is 5.76. The predicted molar refractivity (Wildman–Crippen MR) is 116 cm³/mol. The van der Waals surface area contributed by atoms with Gasteiger partial charge in [-0.15, -0.1) is 0 Å². The minimum Gasteiger partial charge on any atom is -0.376 e. The fourth-order valence-electron chi connectivity index (χ4n) is 4.06. The first kappa shape index (κ1) is 19.6. The van der Waals surface area contributed by atoms with Gasteiger partial charge in [0.2, 0.25) is 0 Å². The van der Waals surface area contributed by atoms with Crippen molar-refractivity contribution in [1.82, 2.24) is 0 Å². The first-order valence-corrected chi connectivity index (χ1v) is 10.3. The summed E-state index contributed by atoms with van der Waals surface area (Å²) in [7, 11) is 0. The highest BCUT2D eigenvalue weighted by Gasteiger charge is 2.23. The molecule has 0 bridgehead atoms. The Hall–Kier alpha value is -2.12. The third-order valence-electron chi connectivity index (χ3n) is 5.76. The molecule has 0 amide bonds. The number of hydrogen-bond donors (Lipinski definition) is 0. The Kier molecular flexibility index (Phi) is 7.47. The Labute approximate surface area is 164 Å². The Morgan fingerprint density at radius 2 is 1.44 bits per heavy atom. The molecule has 0 radical (unpaired) electrons. The zero-order valence-electron chi connectivity index (χ0n) is 16.6. The van der Waals surface area contributed by atoms with Crippen molar-refractivity contribution in [2.24, 2.45) is 0 Å². The average Bonchev–Trinajstić information content (AvgIpc) is 2.74. The van der Waals surface area contributed by atoms with E-state index in [-0.39, 0.29) is 0 Å². The molecule has 1 saturated carbocycles. The molecule has 2 aromatic carbocycles. The van der Waals surface area contributed by atoms with Crippen LogP contribution >= 0.6 is 0 Å². The Morgan fingerprint density at radius 1 is 0.889 bits per heavy atom. The number of benzene rings is 2. The lowest BCUT2D eigenvalue weighted by molar-refractivity contribution is 0.125. The van der Waals surface area contributed by atoms with Crippen molar-refractivity contribution in [3.05, 3.63) is 89.5 Å². The topological polar surface area (TPSA) is 9.23 Å². The molecule has 0 aromatic heterocycles. The van der Waals surface area contributed by atoms with Crippen LogP contribution in [-0.2, 0) is 11.3 Å². The molecular formula is C26H32O. The van der Waals surface area contributed by atoms with Crippen LogP contribution in [0.1, 0.15) is 73.1 Å². The lowest BCUT2D eigenvalue weighted by atomic mass is 9.76. The molecule has 1 aliphatic carbocycles. The highest BCUT2D eigenvalue weighted by Crippen LogP contribution is 2.40. The summed E-state index contributed by atoms with van der Waals surface area (Å²) in [5.41, 5.74) is 5.46. The Bertz CT molecular complexity index is 716. The van der Waals surface area contributed by atoms with Crippen LogP contribution in [0.2, 0.25) is 0 Å². The van der Waals surface area contributed by atoms with Gasteiger partial charge in [-0.3, -0.25) is 0 Å². The van der Waals surface area contributed by atoms with Crippen molar-refractivity contribution in [2.75, 3.05) is 6.61 Å². The van der Waals surface area contributed by atoms with Gasteiger partial charge in [0.1, 0.15) is 0 Å². The molecule has 27 heavy (non-hydrogen) atoms. The molecule has 1 nitrogen and oxygen atoms in total. The molecule has 3 rings (SSSR count). The summed E-state index contributed by atoms with van der Waals surface area (Å²) in [5, 5.41) is 0. The normalized spacial score (nSPS) is 20.0. The van der Waals surface area contributed by atoms with Gasteiger partial charge in [0.05, 0.1) is 13.2 Å². The molecule has 2 aromatic rings. The van der Waals surface area contributed by atoms with E-state index in [4.69, 9.17) is 4.74 Å². The molecule has 0 spiro atoms. The van der Waals surface area contributed by atoms with E-state index in [0.29, 0.717) is 18.4 Å². The molecular weight excluding hydrogens is 328 g/mol. The minimum absolute atomic E-state index is 0.707. The van der Waals surface area contributed by atoms with Gasteiger partial charge in [-0.1, -0.05) is 73.3 Å². The van der Waals surface area contributed by atoms with E-state index in [2.05, 4.69) is 67.3 Å². The zero-order chi connectivity index (χ0) is 18.9. The van der Waals surface area contributed by atoms with Crippen molar-refractivity contribution < 1.29 is 4.74 Å². The first-order chi connectivity index (χ1) is 13.3. The van der Waals surface area contributed by atoms with Gasteiger partial charge >= 0.3 is 0 Å². The monoisotopic (exact) mass is 360 g/mol.